The Hall–Kier alpha value is -0.830. The minimum Gasteiger partial charge on any atom is -0.314 e. The maximum atomic E-state index is 4.35. The summed E-state index contributed by atoms with van der Waals surface area (Å²) >= 11 is 0. The van der Waals surface area contributed by atoms with Gasteiger partial charge in [-0.15, -0.1) is 0 Å². The molecular formula is C12H21N3. The molecule has 0 amide bonds. The lowest BCUT2D eigenvalue weighted by Gasteiger charge is -2.18. The van der Waals surface area contributed by atoms with Crippen molar-refractivity contribution in [2.75, 3.05) is 13.1 Å². The summed E-state index contributed by atoms with van der Waals surface area (Å²) < 4.78 is 2.12. The molecule has 1 aromatic rings. The van der Waals surface area contributed by atoms with E-state index in [1.165, 1.54) is 19.3 Å². The lowest BCUT2D eigenvalue weighted by molar-refractivity contribution is 0.382. The number of hydrogen-bond donors (Lipinski definition) is 1. The molecule has 15 heavy (non-hydrogen) atoms. The average molecular weight is 207 g/mol. The first-order valence-electron chi connectivity index (χ1n) is 5.98. The minimum atomic E-state index is 0.303. The average Bonchev–Trinajstić information content (AvgIpc) is 2.82. The van der Waals surface area contributed by atoms with Gasteiger partial charge >= 0.3 is 0 Å². The number of nitrogens with zero attached hydrogens (tertiary/aromatic N) is 2. The second-order valence-corrected chi connectivity index (χ2v) is 4.82. The van der Waals surface area contributed by atoms with Crippen LogP contribution in [0.15, 0.2) is 18.5 Å². The summed E-state index contributed by atoms with van der Waals surface area (Å²) in [7, 11) is 0. The third-order valence-corrected chi connectivity index (χ3v) is 3.46. The highest BCUT2D eigenvalue weighted by molar-refractivity contribution is 5.02. The molecule has 1 fully saturated rings. The molecule has 1 saturated carbocycles. The van der Waals surface area contributed by atoms with Gasteiger partial charge in [0.1, 0.15) is 0 Å². The maximum Gasteiger partial charge on any atom is 0.0753 e. The zero-order valence-electron chi connectivity index (χ0n) is 9.74. The first kappa shape index (κ1) is 10.7. The Kier molecular flexibility index (Phi) is 3.10. The van der Waals surface area contributed by atoms with Crippen molar-refractivity contribution >= 4 is 0 Å². The summed E-state index contributed by atoms with van der Waals surface area (Å²) in [5.74, 6) is 0.776. The van der Waals surface area contributed by atoms with Crippen LogP contribution in [0.25, 0.3) is 0 Å². The summed E-state index contributed by atoms with van der Waals surface area (Å²) in [6.07, 6.45) is 7.73. The molecule has 1 atom stereocenters. The molecule has 0 bridgehead atoms. The third kappa shape index (κ3) is 2.40. The van der Waals surface area contributed by atoms with E-state index in [1.54, 1.807) is 0 Å². The quantitative estimate of drug-likeness (QED) is 0.773. The summed E-state index contributed by atoms with van der Waals surface area (Å²) in [4.78, 5) is 0. The molecular weight excluding hydrogens is 186 g/mol. The molecule has 1 unspecified atom stereocenters. The van der Waals surface area contributed by atoms with E-state index in [-0.39, 0.29) is 0 Å². The van der Waals surface area contributed by atoms with E-state index < -0.39 is 0 Å². The van der Waals surface area contributed by atoms with Gasteiger partial charge in [-0.25, -0.2) is 0 Å². The van der Waals surface area contributed by atoms with Crippen LogP contribution in [0.1, 0.15) is 33.1 Å². The predicted molar refractivity (Wildman–Crippen MR) is 61.8 cm³/mol. The molecule has 3 nitrogen and oxygen atoms in total. The van der Waals surface area contributed by atoms with Gasteiger partial charge in [-0.05, 0) is 31.4 Å². The second kappa shape index (κ2) is 4.35. The molecule has 2 rings (SSSR count). The molecule has 0 spiro atoms. The fraction of sp³-hybridized carbons (Fsp3) is 0.750. The zero-order valence-corrected chi connectivity index (χ0v) is 9.74. The van der Waals surface area contributed by atoms with Crippen molar-refractivity contribution < 1.29 is 0 Å². The Morgan fingerprint density at radius 3 is 2.87 bits per heavy atom. The maximum absolute atomic E-state index is 4.35. The Balaban J connectivity index is 1.80. The largest absolute Gasteiger partial charge is 0.314 e. The van der Waals surface area contributed by atoms with Crippen LogP contribution in [0, 0.1) is 5.92 Å². The van der Waals surface area contributed by atoms with Crippen molar-refractivity contribution in [3.8, 4) is 0 Å². The number of rotatable bonds is 6. The molecule has 1 aromatic heterocycles. The van der Waals surface area contributed by atoms with Gasteiger partial charge < -0.3 is 5.32 Å². The van der Waals surface area contributed by atoms with Crippen LogP contribution in [-0.2, 0) is 5.54 Å². The highest BCUT2D eigenvalue weighted by Crippen LogP contribution is 2.42. The molecule has 0 aromatic carbocycles. The van der Waals surface area contributed by atoms with E-state index in [0.717, 1.165) is 19.0 Å². The molecule has 84 valence electrons. The monoisotopic (exact) mass is 207 g/mol. The Morgan fingerprint density at radius 1 is 1.53 bits per heavy atom. The van der Waals surface area contributed by atoms with Crippen LogP contribution < -0.4 is 5.32 Å². The topological polar surface area (TPSA) is 29.9 Å². The smallest absolute Gasteiger partial charge is 0.0753 e. The van der Waals surface area contributed by atoms with Gasteiger partial charge in [0.15, 0.2) is 0 Å². The molecule has 0 radical (unpaired) electrons. The summed E-state index contributed by atoms with van der Waals surface area (Å²) in [6, 6.07) is 2.01. The van der Waals surface area contributed by atoms with Gasteiger partial charge in [0, 0.05) is 18.9 Å². The molecule has 1 aliphatic carbocycles. The third-order valence-electron chi connectivity index (χ3n) is 3.46. The van der Waals surface area contributed by atoms with Crippen molar-refractivity contribution in [1.29, 1.82) is 0 Å². The first-order valence-corrected chi connectivity index (χ1v) is 5.98. The lowest BCUT2D eigenvalue weighted by atomic mass is 10.1. The molecule has 1 N–H and O–H groups in total. The fourth-order valence-electron chi connectivity index (χ4n) is 1.88. The lowest BCUT2D eigenvalue weighted by Crippen LogP contribution is -2.34. The van der Waals surface area contributed by atoms with Gasteiger partial charge in [-0.1, -0.05) is 20.3 Å². The van der Waals surface area contributed by atoms with Gasteiger partial charge in [0.05, 0.1) is 5.54 Å². The van der Waals surface area contributed by atoms with Crippen molar-refractivity contribution in [3.63, 3.8) is 0 Å². The Bertz CT molecular complexity index is 288. The van der Waals surface area contributed by atoms with Gasteiger partial charge in [-0.3, -0.25) is 4.68 Å². The van der Waals surface area contributed by atoms with E-state index >= 15 is 0 Å². The summed E-state index contributed by atoms with van der Waals surface area (Å²) in [5.41, 5.74) is 0.303. The van der Waals surface area contributed by atoms with Crippen LogP contribution in [0.2, 0.25) is 0 Å². The van der Waals surface area contributed by atoms with Crippen LogP contribution in [0.3, 0.4) is 0 Å². The Morgan fingerprint density at radius 2 is 2.33 bits per heavy atom. The molecule has 1 aliphatic rings. The van der Waals surface area contributed by atoms with Crippen LogP contribution in [0.4, 0.5) is 0 Å². The highest BCUT2D eigenvalue weighted by Gasteiger charge is 2.44. The van der Waals surface area contributed by atoms with Crippen molar-refractivity contribution in [3.05, 3.63) is 18.5 Å². The number of nitrogens with one attached hydrogen (secondary N) is 1. The van der Waals surface area contributed by atoms with E-state index in [0.29, 0.717) is 5.54 Å². The van der Waals surface area contributed by atoms with Gasteiger partial charge in [0.25, 0.3) is 0 Å². The summed E-state index contributed by atoms with van der Waals surface area (Å²) in [5, 5.41) is 7.91. The van der Waals surface area contributed by atoms with Gasteiger partial charge in [-0.2, -0.15) is 5.10 Å². The van der Waals surface area contributed by atoms with Gasteiger partial charge in [0.2, 0.25) is 0 Å². The Labute approximate surface area is 91.9 Å². The summed E-state index contributed by atoms with van der Waals surface area (Å²) in [6.45, 7) is 6.73. The fourth-order valence-corrected chi connectivity index (χ4v) is 1.88. The van der Waals surface area contributed by atoms with Crippen molar-refractivity contribution in [2.45, 2.75) is 38.6 Å². The van der Waals surface area contributed by atoms with Crippen LogP contribution in [-0.4, -0.2) is 22.9 Å². The molecule has 0 saturated heterocycles. The minimum absolute atomic E-state index is 0.303. The molecule has 1 heterocycles. The van der Waals surface area contributed by atoms with E-state index in [4.69, 9.17) is 0 Å². The molecule has 0 aliphatic heterocycles. The van der Waals surface area contributed by atoms with Crippen molar-refractivity contribution in [1.82, 2.24) is 15.1 Å². The standard InChI is InChI=1S/C12H21N3/c1-3-11(2)9-13-10-12(5-6-12)15-8-4-7-14-15/h4,7-8,11,13H,3,5-6,9-10H2,1-2H3. The molecule has 3 heteroatoms. The number of hydrogen-bond acceptors (Lipinski definition) is 2. The van der Waals surface area contributed by atoms with Crippen LogP contribution in [0.5, 0.6) is 0 Å². The SMILES string of the molecule is CCC(C)CNCC1(n2cccn2)CC1. The number of aromatic nitrogens is 2. The zero-order chi connectivity index (χ0) is 10.7. The first-order chi connectivity index (χ1) is 7.27. The van der Waals surface area contributed by atoms with Crippen molar-refractivity contribution in [2.24, 2.45) is 5.92 Å². The second-order valence-electron chi connectivity index (χ2n) is 4.82. The predicted octanol–water partition coefficient (Wildman–Crippen LogP) is 2.01. The normalized spacial score (nSPS) is 20.1. The highest BCUT2D eigenvalue weighted by atomic mass is 15.3. The van der Waals surface area contributed by atoms with E-state index in [9.17, 15) is 0 Å². The van der Waals surface area contributed by atoms with E-state index in [2.05, 4.69) is 35.1 Å². The van der Waals surface area contributed by atoms with E-state index in [1.807, 2.05) is 12.3 Å². The van der Waals surface area contributed by atoms with Crippen LogP contribution >= 0.6 is 0 Å².